The highest BCUT2D eigenvalue weighted by molar-refractivity contribution is 5.81. The molecule has 1 aliphatic rings. The van der Waals surface area contributed by atoms with Crippen LogP contribution in [0.1, 0.15) is 18.1 Å². The minimum atomic E-state index is -0.497. The molecule has 0 spiro atoms. The van der Waals surface area contributed by atoms with Crippen LogP contribution in [0.5, 0.6) is 0 Å². The van der Waals surface area contributed by atoms with E-state index in [9.17, 15) is 9.90 Å². The Bertz CT molecular complexity index is 736. The molecule has 1 heterocycles. The molecule has 3 rings (SSSR count). The van der Waals surface area contributed by atoms with Gasteiger partial charge in [0, 0.05) is 31.7 Å². The molecule has 5 nitrogen and oxygen atoms in total. The topological polar surface area (TPSA) is 69.8 Å². The first-order valence-electron chi connectivity index (χ1n) is 10.1. The Hall–Kier alpha value is -2.21. The van der Waals surface area contributed by atoms with Gasteiger partial charge in [-0.25, -0.2) is 0 Å². The lowest BCUT2D eigenvalue weighted by Gasteiger charge is -2.45. The molecule has 3 N–H and O–H groups in total. The lowest BCUT2D eigenvalue weighted by atomic mass is 9.98. The molecule has 28 heavy (non-hydrogen) atoms. The largest absolute Gasteiger partial charge is 0.395 e. The van der Waals surface area contributed by atoms with Gasteiger partial charge in [0.05, 0.1) is 12.6 Å². The molecule has 0 aromatic heterocycles. The maximum absolute atomic E-state index is 12.7. The third-order valence-electron chi connectivity index (χ3n) is 5.54. The smallest absolute Gasteiger partial charge is 0.239 e. The zero-order valence-corrected chi connectivity index (χ0v) is 16.6. The van der Waals surface area contributed by atoms with E-state index in [-0.39, 0.29) is 24.6 Å². The number of hydrogen-bond donors (Lipinski definition) is 2. The minimum Gasteiger partial charge on any atom is -0.395 e. The molecule has 0 radical (unpaired) electrons. The van der Waals surface area contributed by atoms with Gasteiger partial charge in [0.15, 0.2) is 0 Å². The van der Waals surface area contributed by atoms with Crippen LogP contribution in [0.4, 0.5) is 0 Å². The van der Waals surface area contributed by atoms with Crippen LogP contribution < -0.4 is 5.73 Å². The first-order valence-corrected chi connectivity index (χ1v) is 10.1. The van der Waals surface area contributed by atoms with Crippen molar-refractivity contribution in [2.75, 3.05) is 26.2 Å². The summed E-state index contributed by atoms with van der Waals surface area (Å²) in [5, 5.41) is 10.0. The van der Waals surface area contributed by atoms with Crippen LogP contribution in [0.15, 0.2) is 60.7 Å². The zero-order valence-electron chi connectivity index (χ0n) is 16.6. The van der Waals surface area contributed by atoms with Gasteiger partial charge in [0.25, 0.3) is 0 Å². The van der Waals surface area contributed by atoms with E-state index in [1.54, 1.807) is 6.92 Å². The number of nitrogens with two attached hydrogens (primary N) is 1. The van der Waals surface area contributed by atoms with Crippen molar-refractivity contribution in [2.24, 2.45) is 5.73 Å². The fourth-order valence-corrected chi connectivity index (χ4v) is 4.02. The number of carbonyl (C=O) groups is 1. The maximum atomic E-state index is 12.7. The lowest BCUT2D eigenvalue weighted by Crippen LogP contribution is -2.61. The van der Waals surface area contributed by atoms with Gasteiger partial charge in [-0.2, -0.15) is 0 Å². The van der Waals surface area contributed by atoms with Gasteiger partial charge in [-0.1, -0.05) is 60.7 Å². The summed E-state index contributed by atoms with van der Waals surface area (Å²) >= 11 is 0. The number of aliphatic hydroxyl groups is 1. The van der Waals surface area contributed by atoms with E-state index in [4.69, 9.17) is 5.73 Å². The Kier molecular flexibility index (Phi) is 7.20. The van der Waals surface area contributed by atoms with E-state index < -0.39 is 6.04 Å². The average molecular weight is 382 g/mol. The summed E-state index contributed by atoms with van der Waals surface area (Å²) in [6.07, 6.45) is 1.59. The average Bonchev–Trinajstić information content (AvgIpc) is 2.73. The Morgan fingerprint density at radius 2 is 1.68 bits per heavy atom. The second kappa shape index (κ2) is 9.82. The second-order valence-corrected chi connectivity index (χ2v) is 7.68. The van der Waals surface area contributed by atoms with Crippen molar-refractivity contribution < 1.29 is 9.90 Å². The van der Waals surface area contributed by atoms with Gasteiger partial charge in [0.2, 0.25) is 5.91 Å². The van der Waals surface area contributed by atoms with Crippen LogP contribution in [0, 0.1) is 0 Å². The molecule has 0 bridgehead atoms. The highest BCUT2D eigenvalue weighted by Crippen LogP contribution is 2.19. The normalized spacial score (nSPS) is 20.0. The molecule has 2 aromatic rings. The van der Waals surface area contributed by atoms with Gasteiger partial charge in [-0.05, 0) is 30.9 Å². The van der Waals surface area contributed by atoms with Crippen LogP contribution in [-0.4, -0.2) is 65.2 Å². The van der Waals surface area contributed by atoms with E-state index in [1.807, 2.05) is 41.3 Å². The monoisotopic (exact) mass is 381 g/mol. The number of piperazine rings is 1. The first-order chi connectivity index (χ1) is 13.6. The molecule has 0 unspecified atom stereocenters. The van der Waals surface area contributed by atoms with Crippen molar-refractivity contribution in [1.82, 2.24) is 9.80 Å². The van der Waals surface area contributed by atoms with E-state index in [0.717, 1.165) is 25.9 Å². The van der Waals surface area contributed by atoms with Crippen molar-refractivity contribution in [3.05, 3.63) is 71.8 Å². The van der Waals surface area contributed by atoms with Crippen molar-refractivity contribution in [3.8, 4) is 0 Å². The molecule has 1 fully saturated rings. The van der Waals surface area contributed by atoms with E-state index in [2.05, 4.69) is 29.2 Å². The van der Waals surface area contributed by atoms with Gasteiger partial charge < -0.3 is 15.7 Å². The molecular formula is C23H31N3O2. The molecule has 0 aliphatic carbocycles. The number of rotatable bonds is 7. The molecule has 5 heteroatoms. The third-order valence-corrected chi connectivity index (χ3v) is 5.54. The fraction of sp³-hybridized carbons (Fsp3) is 0.435. The summed E-state index contributed by atoms with van der Waals surface area (Å²) in [5.41, 5.74) is 8.33. The highest BCUT2D eigenvalue weighted by atomic mass is 16.3. The predicted octanol–water partition coefficient (Wildman–Crippen LogP) is 1.69. The molecule has 0 saturated carbocycles. The molecule has 1 aliphatic heterocycles. The number of hydrogen-bond acceptors (Lipinski definition) is 4. The maximum Gasteiger partial charge on any atom is 0.239 e. The Morgan fingerprint density at radius 1 is 1.07 bits per heavy atom. The van der Waals surface area contributed by atoms with Gasteiger partial charge in [-0.3, -0.25) is 9.69 Å². The highest BCUT2D eigenvalue weighted by Gasteiger charge is 2.34. The van der Waals surface area contributed by atoms with Crippen LogP contribution in [-0.2, 0) is 17.6 Å². The number of aliphatic hydroxyl groups excluding tert-OH is 1. The lowest BCUT2D eigenvalue weighted by molar-refractivity contribution is -0.137. The number of carbonyl (C=O) groups excluding carboxylic acids is 1. The molecular weight excluding hydrogens is 350 g/mol. The second-order valence-electron chi connectivity index (χ2n) is 7.68. The summed E-state index contributed by atoms with van der Waals surface area (Å²) in [6.45, 7) is 3.99. The van der Waals surface area contributed by atoms with E-state index >= 15 is 0 Å². The SMILES string of the molecule is C[C@@H](N)C(=O)N1CCN([C@@H](CO)Cc2ccccc2)C[C@H]1Cc1ccccc1. The fourth-order valence-electron chi connectivity index (χ4n) is 4.02. The Morgan fingerprint density at radius 3 is 2.25 bits per heavy atom. The van der Waals surface area contributed by atoms with Gasteiger partial charge in [-0.15, -0.1) is 0 Å². The Labute approximate surface area is 167 Å². The third kappa shape index (κ3) is 5.19. The standard InChI is InChI=1S/C23H31N3O2/c1-18(24)23(28)26-13-12-25(16-21(26)14-19-8-4-2-5-9-19)22(17-27)15-20-10-6-3-7-11-20/h2-11,18,21-22,27H,12-17,24H2,1H3/t18-,21-,22-/m1/s1. The van der Waals surface area contributed by atoms with Crippen LogP contribution in [0.2, 0.25) is 0 Å². The first kappa shape index (κ1) is 20.5. The molecule has 2 aromatic carbocycles. The quantitative estimate of drug-likeness (QED) is 0.766. The summed E-state index contributed by atoms with van der Waals surface area (Å²) in [6, 6.07) is 20.1. The van der Waals surface area contributed by atoms with Crippen LogP contribution in [0.25, 0.3) is 0 Å². The van der Waals surface area contributed by atoms with Crippen molar-refractivity contribution in [2.45, 2.75) is 37.9 Å². The van der Waals surface area contributed by atoms with Crippen molar-refractivity contribution in [1.29, 1.82) is 0 Å². The summed E-state index contributed by atoms with van der Waals surface area (Å²) < 4.78 is 0. The van der Waals surface area contributed by atoms with E-state index in [0.29, 0.717) is 6.54 Å². The van der Waals surface area contributed by atoms with Crippen molar-refractivity contribution >= 4 is 5.91 Å². The molecule has 1 amide bonds. The van der Waals surface area contributed by atoms with Gasteiger partial charge >= 0.3 is 0 Å². The number of nitrogens with zero attached hydrogens (tertiary/aromatic N) is 2. The zero-order chi connectivity index (χ0) is 19.9. The Balaban J connectivity index is 1.75. The number of benzene rings is 2. The van der Waals surface area contributed by atoms with Crippen LogP contribution in [0.3, 0.4) is 0 Å². The number of amides is 1. The van der Waals surface area contributed by atoms with Crippen molar-refractivity contribution in [3.63, 3.8) is 0 Å². The molecule has 3 atom stereocenters. The van der Waals surface area contributed by atoms with Crippen LogP contribution >= 0.6 is 0 Å². The molecule has 1 saturated heterocycles. The predicted molar refractivity (Wildman–Crippen MR) is 112 cm³/mol. The summed E-state index contributed by atoms with van der Waals surface area (Å²) in [4.78, 5) is 16.9. The summed E-state index contributed by atoms with van der Waals surface area (Å²) in [7, 11) is 0. The molecule has 150 valence electrons. The minimum absolute atomic E-state index is 0.00388. The summed E-state index contributed by atoms with van der Waals surface area (Å²) in [5.74, 6) is 0.00388. The van der Waals surface area contributed by atoms with E-state index in [1.165, 1.54) is 11.1 Å². The van der Waals surface area contributed by atoms with Gasteiger partial charge in [0.1, 0.15) is 0 Å².